The summed E-state index contributed by atoms with van der Waals surface area (Å²) in [6.45, 7) is -0.366. The summed E-state index contributed by atoms with van der Waals surface area (Å²) in [5, 5.41) is 12.8. The van der Waals surface area contributed by atoms with Gasteiger partial charge < -0.3 is 20.7 Å². The van der Waals surface area contributed by atoms with Gasteiger partial charge in [-0.05, 0) is 41.5 Å². The van der Waals surface area contributed by atoms with Crippen LogP contribution in [0.1, 0.15) is 22.0 Å². The van der Waals surface area contributed by atoms with Gasteiger partial charge in [0.2, 0.25) is 0 Å². The molecule has 0 aliphatic carbocycles. The number of hydrogen-bond donors (Lipinski definition) is 3. The lowest BCUT2D eigenvalue weighted by molar-refractivity contribution is 0.0912. The maximum absolute atomic E-state index is 15.0. The third-order valence-electron chi connectivity index (χ3n) is 5.29. The Balaban J connectivity index is 1.61. The number of aromatic nitrogens is 3. The highest BCUT2D eigenvalue weighted by Crippen LogP contribution is 2.30. The van der Waals surface area contributed by atoms with Crippen LogP contribution in [0, 0.1) is 5.82 Å². The Morgan fingerprint density at radius 1 is 1.21 bits per heavy atom. The zero-order valence-corrected chi connectivity index (χ0v) is 18.4. The van der Waals surface area contributed by atoms with Crippen molar-refractivity contribution in [1.29, 1.82) is 0 Å². The van der Waals surface area contributed by atoms with E-state index in [4.69, 9.17) is 17.3 Å². The van der Waals surface area contributed by atoms with Crippen molar-refractivity contribution < 1.29 is 14.3 Å². The fraction of sp³-hybridized carbons (Fsp3) is 0.125. The number of hydrogen-bond acceptors (Lipinski definition) is 5. The zero-order valence-electron chi connectivity index (χ0n) is 17.7. The van der Waals surface area contributed by atoms with Gasteiger partial charge in [0.05, 0.1) is 36.4 Å². The van der Waals surface area contributed by atoms with Crippen molar-refractivity contribution in [2.45, 2.75) is 6.04 Å². The first-order valence-electron chi connectivity index (χ1n) is 10.1. The number of amides is 1. The Morgan fingerprint density at radius 2 is 2.03 bits per heavy atom. The van der Waals surface area contributed by atoms with E-state index in [-0.39, 0.29) is 18.0 Å². The van der Waals surface area contributed by atoms with Crippen LogP contribution < -0.4 is 11.1 Å². The molecule has 0 saturated carbocycles. The van der Waals surface area contributed by atoms with Crippen LogP contribution in [0.5, 0.6) is 0 Å². The Hall–Kier alpha value is -3.75. The predicted octanol–water partition coefficient (Wildman–Crippen LogP) is 3.99. The summed E-state index contributed by atoms with van der Waals surface area (Å²) in [6, 6.07) is 12.0. The van der Waals surface area contributed by atoms with Crippen LogP contribution in [0.25, 0.3) is 22.4 Å². The molecule has 0 spiro atoms. The number of rotatable bonds is 6. The highest BCUT2D eigenvalue weighted by atomic mass is 35.5. The van der Waals surface area contributed by atoms with Crippen LogP contribution in [-0.4, -0.2) is 32.2 Å². The summed E-state index contributed by atoms with van der Waals surface area (Å²) in [5.74, 6) is -1.15. The molecule has 4 N–H and O–H groups in total. The van der Waals surface area contributed by atoms with E-state index in [0.29, 0.717) is 21.7 Å². The number of anilines is 1. The van der Waals surface area contributed by atoms with Crippen LogP contribution in [-0.2, 0) is 7.05 Å². The minimum absolute atomic E-state index is 0.159. The van der Waals surface area contributed by atoms with E-state index < -0.39 is 17.8 Å². The molecule has 0 saturated heterocycles. The quantitative estimate of drug-likeness (QED) is 0.399. The van der Waals surface area contributed by atoms with E-state index in [9.17, 15) is 14.3 Å². The molecule has 0 bridgehead atoms. The van der Waals surface area contributed by atoms with Gasteiger partial charge in [-0.1, -0.05) is 29.8 Å². The van der Waals surface area contributed by atoms with Crippen molar-refractivity contribution in [2.24, 2.45) is 7.05 Å². The molecule has 33 heavy (non-hydrogen) atoms. The highest BCUT2D eigenvalue weighted by molar-refractivity contribution is 6.30. The van der Waals surface area contributed by atoms with Gasteiger partial charge in [-0.25, -0.2) is 14.4 Å². The van der Waals surface area contributed by atoms with Gasteiger partial charge >= 0.3 is 0 Å². The summed E-state index contributed by atoms with van der Waals surface area (Å²) in [6.07, 6.45) is 4.99. The van der Waals surface area contributed by atoms with Gasteiger partial charge in [0, 0.05) is 29.4 Å². The number of nitrogens with zero attached hydrogens (tertiary/aromatic N) is 3. The lowest BCUT2D eigenvalue weighted by atomic mass is 10.0. The number of aryl methyl sites for hydroxylation is 1. The second kappa shape index (κ2) is 9.40. The first-order valence-corrected chi connectivity index (χ1v) is 10.4. The average Bonchev–Trinajstić information content (AvgIpc) is 3.23. The van der Waals surface area contributed by atoms with E-state index in [1.807, 2.05) is 11.6 Å². The minimum atomic E-state index is -0.731. The van der Waals surface area contributed by atoms with Gasteiger partial charge in [0.1, 0.15) is 11.6 Å². The third-order valence-corrected chi connectivity index (χ3v) is 5.53. The number of aliphatic hydroxyl groups is 1. The lowest BCUT2D eigenvalue weighted by Crippen LogP contribution is -2.31. The van der Waals surface area contributed by atoms with Crippen LogP contribution in [0.2, 0.25) is 5.02 Å². The molecule has 2 heterocycles. The summed E-state index contributed by atoms with van der Waals surface area (Å²) in [7, 11) is 1.86. The van der Waals surface area contributed by atoms with Crippen LogP contribution in [0.3, 0.4) is 0 Å². The van der Waals surface area contributed by atoms with E-state index in [1.165, 1.54) is 12.1 Å². The average molecular weight is 466 g/mol. The fourth-order valence-corrected chi connectivity index (χ4v) is 3.74. The number of nitrogen functional groups attached to an aromatic ring is 1. The normalized spacial score (nSPS) is 11.9. The van der Waals surface area contributed by atoms with Gasteiger partial charge in [0.25, 0.3) is 5.91 Å². The monoisotopic (exact) mass is 465 g/mol. The summed E-state index contributed by atoms with van der Waals surface area (Å²) in [5.41, 5.74) is 9.12. The number of carbonyl (C=O) groups excluding carboxylic acids is 1. The lowest BCUT2D eigenvalue weighted by Gasteiger charge is -2.17. The molecule has 0 unspecified atom stereocenters. The van der Waals surface area contributed by atoms with Crippen molar-refractivity contribution in [3.63, 3.8) is 0 Å². The van der Waals surface area contributed by atoms with E-state index in [2.05, 4.69) is 15.3 Å². The van der Waals surface area contributed by atoms with Gasteiger partial charge in [-0.2, -0.15) is 0 Å². The molecular formula is C24H21ClFN5O2. The third kappa shape index (κ3) is 4.72. The predicted molar refractivity (Wildman–Crippen MR) is 125 cm³/mol. The summed E-state index contributed by atoms with van der Waals surface area (Å²) < 4.78 is 16.8. The topological polar surface area (TPSA) is 106 Å². The van der Waals surface area contributed by atoms with Crippen molar-refractivity contribution in [3.8, 4) is 22.4 Å². The second-order valence-corrected chi connectivity index (χ2v) is 7.94. The molecule has 7 nitrogen and oxygen atoms in total. The van der Waals surface area contributed by atoms with E-state index >= 15 is 0 Å². The molecule has 1 amide bonds. The molecule has 2 aromatic heterocycles. The zero-order chi connectivity index (χ0) is 23.5. The maximum Gasteiger partial charge on any atom is 0.254 e. The van der Waals surface area contributed by atoms with Crippen LogP contribution >= 0.6 is 11.6 Å². The molecule has 0 radical (unpaired) electrons. The minimum Gasteiger partial charge on any atom is -0.394 e. The summed E-state index contributed by atoms with van der Waals surface area (Å²) >= 11 is 5.99. The molecule has 168 valence electrons. The second-order valence-electron chi connectivity index (χ2n) is 7.50. The van der Waals surface area contributed by atoms with E-state index in [0.717, 1.165) is 11.3 Å². The number of imidazole rings is 1. The molecule has 4 rings (SSSR count). The largest absolute Gasteiger partial charge is 0.394 e. The van der Waals surface area contributed by atoms with Crippen LogP contribution in [0.4, 0.5) is 10.2 Å². The number of halogens is 2. The SMILES string of the molecule is Cn1cncc1-c1cnc(N)c(-c2ccc(C(=O)N[C@H](CO)c3cccc(Cl)c3)c(F)c2)c1. The van der Waals surface area contributed by atoms with Crippen molar-refractivity contribution >= 4 is 23.3 Å². The first-order chi connectivity index (χ1) is 15.9. The number of nitrogens with two attached hydrogens (primary N) is 1. The molecular weight excluding hydrogens is 445 g/mol. The Morgan fingerprint density at radius 3 is 2.70 bits per heavy atom. The van der Waals surface area contributed by atoms with E-state index in [1.54, 1.807) is 55.1 Å². The van der Waals surface area contributed by atoms with Crippen molar-refractivity contribution in [1.82, 2.24) is 19.9 Å². The van der Waals surface area contributed by atoms with Gasteiger partial charge in [-0.15, -0.1) is 0 Å². The molecule has 0 fully saturated rings. The van der Waals surface area contributed by atoms with Crippen LogP contribution in [0.15, 0.2) is 67.3 Å². The molecule has 9 heteroatoms. The standard InChI is InChI=1S/C24H21ClFN5O2/c1-31-13-28-11-22(31)16-8-19(23(27)29-10-16)14-5-6-18(20(26)9-14)24(33)30-21(12-32)15-3-2-4-17(25)7-15/h2-11,13,21,32H,12H2,1H3,(H2,27,29)(H,30,33)/t21-/m1/s1. The smallest absolute Gasteiger partial charge is 0.254 e. The highest BCUT2D eigenvalue weighted by Gasteiger charge is 2.19. The molecule has 4 aromatic rings. The van der Waals surface area contributed by atoms with Gasteiger partial charge in [0.15, 0.2) is 0 Å². The first kappa shape index (κ1) is 22.4. The van der Waals surface area contributed by atoms with Gasteiger partial charge in [-0.3, -0.25) is 4.79 Å². The number of aliphatic hydroxyl groups excluding tert-OH is 1. The molecule has 2 aromatic carbocycles. The fourth-order valence-electron chi connectivity index (χ4n) is 3.54. The van der Waals surface area contributed by atoms with Crippen molar-refractivity contribution in [3.05, 3.63) is 89.2 Å². The number of nitrogens with one attached hydrogen (secondary N) is 1. The number of carbonyl (C=O) groups is 1. The Kier molecular flexibility index (Phi) is 6.39. The van der Waals surface area contributed by atoms with Crippen molar-refractivity contribution in [2.75, 3.05) is 12.3 Å². The Labute approximate surface area is 194 Å². The molecule has 1 atom stereocenters. The number of benzene rings is 2. The molecule has 0 aliphatic heterocycles. The Bertz CT molecular complexity index is 1320. The summed E-state index contributed by atoms with van der Waals surface area (Å²) in [4.78, 5) is 21.0. The number of pyridine rings is 1. The molecule has 0 aliphatic rings. The maximum atomic E-state index is 15.0.